The van der Waals surface area contributed by atoms with Crippen molar-refractivity contribution in [3.63, 3.8) is 0 Å². The normalized spacial score (nSPS) is 15.9. The van der Waals surface area contributed by atoms with Crippen molar-refractivity contribution in [1.82, 2.24) is 15.6 Å². The van der Waals surface area contributed by atoms with Crippen LogP contribution in [0.5, 0.6) is 0 Å². The summed E-state index contributed by atoms with van der Waals surface area (Å²) in [7, 11) is 0. The summed E-state index contributed by atoms with van der Waals surface area (Å²) in [6.07, 6.45) is 1.87. The van der Waals surface area contributed by atoms with Crippen molar-refractivity contribution in [1.29, 1.82) is 0 Å². The van der Waals surface area contributed by atoms with Crippen LogP contribution < -0.4 is 15.5 Å². The first-order chi connectivity index (χ1) is 8.65. The van der Waals surface area contributed by atoms with E-state index in [1.165, 1.54) is 0 Å². The Kier molecular flexibility index (Phi) is 4.15. The average Bonchev–Trinajstić information content (AvgIpc) is 2.37. The first kappa shape index (κ1) is 12.8. The molecule has 0 aliphatic carbocycles. The molecule has 1 aromatic rings. The van der Waals surface area contributed by atoms with Crippen molar-refractivity contribution in [3.8, 4) is 0 Å². The molecule has 0 unspecified atom stereocenters. The fourth-order valence-electron chi connectivity index (χ4n) is 1.86. The zero-order chi connectivity index (χ0) is 13.0. The lowest BCUT2D eigenvalue weighted by atomic mass is 10.2. The molecule has 5 nitrogen and oxygen atoms in total. The number of piperazine rings is 1. The van der Waals surface area contributed by atoms with E-state index in [0.717, 1.165) is 24.5 Å². The molecular weight excluding hydrogens is 228 g/mol. The maximum Gasteiger partial charge on any atom is 0.239 e. The average molecular weight is 248 g/mol. The van der Waals surface area contributed by atoms with Crippen molar-refractivity contribution < 1.29 is 4.79 Å². The van der Waals surface area contributed by atoms with Gasteiger partial charge in [-0.2, -0.15) is 0 Å². The number of anilines is 1. The number of pyridine rings is 1. The number of carbonyl (C=O) groups is 1. The topological polar surface area (TPSA) is 57.3 Å². The van der Waals surface area contributed by atoms with E-state index < -0.39 is 0 Å². The van der Waals surface area contributed by atoms with Crippen molar-refractivity contribution in [2.45, 2.75) is 26.4 Å². The molecule has 0 atom stereocenters. The van der Waals surface area contributed by atoms with Gasteiger partial charge in [0, 0.05) is 31.9 Å². The lowest BCUT2D eigenvalue weighted by Crippen LogP contribution is -2.48. The molecule has 1 saturated heterocycles. The highest BCUT2D eigenvalue weighted by Gasteiger charge is 2.16. The first-order valence-electron chi connectivity index (χ1n) is 6.35. The molecule has 1 fully saturated rings. The molecule has 0 aromatic carbocycles. The van der Waals surface area contributed by atoms with Gasteiger partial charge in [-0.1, -0.05) is 19.9 Å². The van der Waals surface area contributed by atoms with Gasteiger partial charge in [-0.25, -0.2) is 4.98 Å². The molecule has 0 saturated carbocycles. The lowest BCUT2D eigenvalue weighted by Gasteiger charge is -2.27. The molecule has 0 radical (unpaired) electrons. The Bertz CT molecular complexity index is 402. The molecule has 98 valence electrons. The van der Waals surface area contributed by atoms with Gasteiger partial charge >= 0.3 is 0 Å². The fraction of sp³-hybridized carbons (Fsp3) is 0.538. The highest BCUT2D eigenvalue weighted by Crippen LogP contribution is 2.12. The predicted octanol–water partition coefficient (Wildman–Crippen LogP) is 0.516. The van der Waals surface area contributed by atoms with Crippen molar-refractivity contribution in [2.75, 3.05) is 24.5 Å². The van der Waals surface area contributed by atoms with Crippen LogP contribution in [0.4, 0.5) is 5.82 Å². The van der Waals surface area contributed by atoms with Crippen LogP contribution in [-0.2, 0) is 11.3 Å². The van der Waals surface area contributed by atoms with Gasteiger partial charge in [-0.3, -0.25) is 4.79 Å². The predicted molar refractivity (Wildman–Crippen MR) is 71.4 cm³/mol. The molecule has 0 spiro atoms. The molecule has 5 heteroatoms. The second-order valence-corrected chi connectivity index (χ2v) is 4.83. The van der Waals surface area contributed by atoms with Crippen LogP contribution in [0.25, 0.3) is 0 Å². The summed E-state index contributed by atoms with van der Waals surface area (Å²) < 4.78 is 0. The summed E-state index contributed by atoms with van der Waals surface area (Å²) in [6, 6.07) is 4.51. The number of aromatic nitrogens is 1. The smallest absolute Gasteiger partial charge is 0.239 e. The summed E-state index contributed by atoms with van der Waals surface area (Å²) in [6.45, 7) is 6.98. The van der Waals surface area contributed by atoms with Gasteiger partial charge in [0.1, 0.15) is 5.82 Å². The second kappa shape index (κ2) is 5.82. The number of hydrogen-bond donors (Lipinski definition) is 2. The SMILES string of the molecule is CC(C)NCc1ccc(N2CCNC(=O)C2)nc1. The number of hydrogen-bond acceptors (Lipinski definition) is 4. The van der Waals surface area contributed by atoms with E-state index in [4.69, 9.17) is 0 Å². The molecule has 1 aliphatic heterocycles. The Morgan fingerprint density at radius 2 is 2.33 bits per heavy atom. The molecule has 1 aromatic heterocycles. The van der Waals surface area contributed by atoms with Crippen LogP contribution in [0, 0.1) is 0 Å². The van der Waals surface area contributed by atoms with Crippen LogP contribution in [0.1, 0.15) is 19.4 Å². The van der Waals surface area contributed by atoms with Crippen LogP contribution >= 0.6 is 0 Å². The van der Waals surface area contributed by atoms with Crippen LogP contribution in [0.2, 0.25) is 0 Å². The lowest BCUT2D eigenvalue weighted by molar-refractivity contribution is -0.120. The highest BCUT2D eigenvalue weighted by atomic mass is 16.2. The largest absolute Gasteiger partial charge is 0.353 e. The van der Waals surface area contributed by atoms with E-state index in [0.29, 0.717) is 19.1 Å². The van der Waals surface area contributed by atoms with Crippen molar-refractivity contribution in [2.24, 2.45) is 0 Å². The molecule has 0 bridgehead atoms. The maximum atomic E-state index is 11.3. The molecule has 1 aliphatic rings. The standard InChI is InChI=1S/C13H20N4O/c1-10(2)15-7-11-3-4-12(16-8-11)17-6-5-14-13(18)9-17/h3-4,8,10,15H,5-7,9H2,1-2H3,(H,14,18). The third-order valence-corrected chi connectivity index (χ3v) is 2.89. The van der Waals surface area contributed by atoms with Gasteiger partial charge in [-0.15, -0.1) is 0 Å². The zero-order valence-corrected chi connectivity index (χ0v) is 10.9. The minimum absolute atomic E-state index is 0.0635. The van der Waals surface area contributed by atoms with Crippen LogP contribution in [-0.4, -0.2) is 36.6 Å². The molecule has 2 heterocycles. The first-order valence-corrected chi connectivity index (χ1v) is 6.35. The quantitative estimate of drug-likeness (QED) is 0.815. The third kappa shape index (κ3) is 3.43. The summed E-state index contributed by atoms with van der Waals surface area (Å²) >= 11 is 0. The van der Waals surface area contributed by atoms with Gasteiger partial charge < -0.3 is 15.5 Å². The number of nitrogens with zero attached hydrogens (tertiary/aromatic N) is 2. The van der Waals surface area contributed by atoms with Crippen LogP contribution in [0.15, 0.2) is 18.3 Å². The van der Waals surface area contributed by atoms with Crippen molar-refractivity contribution >= 4 is 11.7 Å². The van der Waals surface area contributed by atoms with E-state index in [1.54, 1.807) is 0 Å². The Labute approximate surface area is 108 Å². The van der Waals surface area contributed by atoms with Gasteiger partial charge in [-0.05, 0) is 11.6 Å². The van der Waals surface area contributed by atoms with Gasteiger partial charge in [0.25, 0.3) is 0 Å². The van der Waals surface area contributed by atoms with Gasteiger partial charge in [0.15, 0.2) is 0 Å². The molecular formula is C13H20N4O. The van der Waals surface area contributed by atoms with E-state index in [9.17, 15) is 4.79 Å². The number of nitrogens with one attached hydrogen (secondary N) is 2. The van der Waals surface area contributed by atoms with Gasteiger partial charge in [0.2, 0.25) is 5.91 Å². The van der Waals surface area contributed by atoms with E-state index >= 15 is 0 Å². The summed E-state index contributed by atoms with van der Waals surface area (Å²) in [5.41, 5.74) is 1.16. The number of carbonyl (C=O) groups excluding carboxylic acids is 1. The molecule has 2 rings (SSSR count). The van der Waals surface area contributed by atoms with Crippen molar-refractivity contribution in [3.05, 3.63) is 23.9 Å². The Morgan fingerprint density at radius 3 is 2.94 bits per heavy atom. The van der Waals surface area contributed by atoms with E-state index in [1.807, 2.05) is 17.2 Å². The Balaban J connectivity index is 1.96. The molecule has 18 heavy (non-hydrogen) atoms. The Morgan fingerprint density at radius 1 is 1.50 bits per heavy atom. The van der Waals surface area contributed by atoms with E-state index in [2.05, 4.69) is 35.5 Å². The number of amides is 1. The molecule has 2 N–H and O–H groups in total. The minimum atomic E-state index is 0.0635. The summed E-state index contributed by atoms with van der Waals surface area (Å²) in [5.74, 6) is 0.937. The Hall–Kier alpha value is -1.62. The second-order valence-electron chi connectivity index (χ2n) is 4.83. The third-order valence-electron chi connectivity index (χ3n) is 2.89. The number of rotatable bonds is 4. The van der Waals surface area contributed by atoms with Gasteiger partial charge in [0.05, 0.1) is 6.54 Å². The van der Waals surface area contributed by atoms with Crippen LogP contribution in [0.3, 0.4) is 0 Å². The van der Waals surface area contributed by atoms with E-state index in [-0.39, 0.29) is 5.91 Å². The highest BCUT2D eigenvalue weighted by molar-refractivity contribution is 5.82. The molecule has 1 amide bonds. The zero-order valence-electron chi connectivity index (χ0n) is 10.9. The summed E-state index contributed by atoms with van der Waals surface area (Å²) in [5, 5.41) is 6.16. The monoisotopic (exact) mass is 248 g/mol. The fourth-order valence-corrected chi connectivity index (χ4v) is 1.86. The maximum absolute atomic E-state index is 11.3. The minimum Gasteiger partial charge on any atom is -0.353 e. The summed E-state index contributed by atoms with van der Waals surface area (Å²) in [4.78, 5) is 17.7.